The molecule has 2 N–H and O–H groups in total. The summed E-state index contributed by atoms with van der Waals surface area (Å²) in [5.74, 6) is 1.47. The van der Waals surface area contributed by atoms with Crippen LogP contribution in [0.15, 0.2) is 71.0 Å². The fourth-order valence-corrected chi connectivity index (χ4v) is 4.77. The summed E-state index contributed by atoms with van der Waals surface area (Å²) >= 11 is 1.65. The van der Waals surface area contributed by atoms with Crippen LogP contribution in [-0.4, -0.2) is 26.4 Å². The molecule has 3 aromatic rings. The highest BCUT2D eigenvalue weighted by Crippen LogP contribution is 2.34. The van der Waals surface area contributed by atoms with Crippen molar-refractivity contribution in [3.05, 3.63) is 82.6 Å². The summed E-state index contributed by atoms with van der Waals surface area (Å²) in [5, 5.41) is 11.9. The summed E-state index contributed by atoms with van der Waals surface area (Å²) in [6, 6.07) is 15.6. The van der Waals surface area contributed by atoms with Crippen LogP contribution in [0.5, 0.6) is 0 Å². The molecule has 4 rings (SSSR count). The number of hydrogen-bond donors (Lipinski definition) is 2. The number of benzene rings is 2. The number of nitrogens with one attached hydrogen (secondary N) is 2. The molecule has 0 spiro atoms. The van der Waals surface area contributed by atoms with Gasteiger partial charge in [0, 0.05) is 17.1 Å². The molecule has 0 aliphatic carbocycles. The maximum absolute atomic E-state index is 13.6. The number of unbranched alkanes of at least 4 members (excludes halogenated alkanes) is 1. The fourth-order valence-electron chi connectivity index (χ4n) is 3.86. The van der Waals surface area contributed by atoms with Crippen molar-refractivity contribution in [2.24, 2.45) is 0 Å². The summed E-state index contributed by atoms with van der Waals surface area (Å²) in [6.45, 7) is 8.16. The molecule has 1 unspecified atom stereocenters. The lowest BCUT2D eigenvalue weighted by Gasteiger charge is -2.26. The van der Waals surface area contributed by atoms with Crippen molar-refractivity contribution in [2.45, 2.75) is 51.7 Å². The van der Waals surface area contributed by atoms with E-state index in [2.05, 4.69) is 22.5 Å². The van der Waals surface area contributed by atoms with Crippen molar-refractivity contribution < 1.29 is 4.79 Å². The van der Waals surface area contributed by atoms with Gasteiger partial charge in [0.05, 0.1) is 5.57 Å². The van der Waals surface area contributed by atoms with Gasteiger partial charge in [0.2, 0.25) is 11.1 Å². The molecule has 0 bridgehead atoms. The fraction of sp³-hybridized carbons (Fsp3) is 0.296. The molecule has 1 aromatic heterocycles. The van der Waals surface area contributed by atoms with Crippen LogP contribution >= 0.6 is 11.8 Å². The number of aromatic nitrogens is 3. The zero-order chi connectivity index (χ0) is 24.1. The number of carbonyl (C=O) groups is 1. The first-order valence-electron chi connectivity index (χ1n) is 11.7. The van der Waals surface area contributed by atoms with E-state index in [-0.39, 0.29) is 11.9 Å². The molecule has 1 amide bonds. The quantitative estimate of drug-likeness (QED) is 0.293. The Morgan fingerprint density at radius 2 is 1.94 bits per heavy atom. The molecule has 1 aliphatic rings. The van der Waals surface area contributed by atoms with Crippen LogP contribution in [0.1, 0.15) is 49.4 Å². The standard InChI is InChI=1S/C27H31N5OS/c1-5-6-17-34-27-30-26-28-20(4)24(25(33)29-22-14-10-11-18(2)19(22)3)23(32(26)31-27)16-15-21-12-8-7-9-13-21/h7-16,23H,5-6,17H2,1-4H3,(H,29,33)(H,28,30,31)/b16-15+. The van der Waals surface area contributed by atoms with Crippen molar-refractivity contribution in [1.82, 2.24) is 14.8 Å². The third-order valence-electron chi connectivity index (χ3n) is 5.97. The predicted octanol–water partition coefficient (Wildman–Crippen LogP) is 6.38. The molecule has 2 aromatic carbocycles. The summed E-state index contributed by atoms with van der Waals surface area (Å²) in [5.41, 5.74) is 5.47. The molecular formula is C27H31N5OS. The Bertz CT molecular complexity index is 1230. The Labute approximate surface area is 205 Å². The van der Waals surface area contributed by atoms with Crippen molar-refractivity contribution in [2.75, 3.05) is 16.4 Å². The van der Waals surface area contributed by atoms with Gasteiger partial charge in [-0.25, -0.2) is 4.68 Å². The van der Waals surface area contributed by atoms with Gasteiger partial charge in [-0.2, -0.15) is 4.98 Å². The average Bonchev–Trinajstić information content (AvgIpc) is 3.23. The average molecular weight is 474 g/mol. The maximum Gasteiger partial charge on any atom is 0.255 e. The molecule has 0 fully saturated rings. The second-order valence-electron chi connectivity index (χ2n) is 8.44. The van der Waals surface area contributed by atoms with Crippen molar-refractivity contribution in [1.29, 1.82) is 0 Å². The molecule has 7 heteroatoms. The number of amides is 1. The Hall–Kier alpha value is -3.32. The van der Waals surface area contributed by atoms with Gasteiger partial charge < -0.3 is 10.6 Å². The van der Waals surface area contributed by atoms with E-state index in [1.165, 1.54) is 0 Å². The minimum atomic E-state index is -0.380. The number of rotatable bonds is 8. The van der Waals surface area contributed by atoms with Gasteiger partial charge in [0.15, 0.2) is 0 Å². The molecule has 1 atom stereocenters. The third kappa shape index (κ3) is 5.25. The second-order valence-corrected chi connectivity index (χ2v) is 9.51. The van der Waals surface area contributed by atoms with E-state index in [0.29, 0.717) is 11.5 Å². The SMILES string of the molecule is CCCCSc1nc2n(n1)C(/C=C/c1ccccc1)C(C(=O)Nc1cccc(C)c1C)=C(C)N2. The molecular weight excluding hydrogens is 442 g/mol. The van der Waals surface area contributed by atoms with Gasteiger partial charge in [-0.05, 0) is 49.9 Å². The second kappa shape index (κ2) is 10.7. The number of anilines is 2. The highest BCUT2D eigenvalue weighted by atomic mass is 32.2. The number of thioether (sulfide) groups is 1. The van der Waals surface area contributed by atoms with Gasteiger partial charge in [0.1, 0.15) is 6.04 Å². The van der Waals surface area contributed by atoms with Gasteiger partial charge in [-0.1, -0.05) is 79.7 Å². The molecule has 176 valence electrons. The van der Waals surface area contributed by atoms with Crippen LogP contribution in [-0.2, 0) is 4.79 Å². The highest BCUT2D eigenvalue weighted by molar-refractivity contribution is 7.99. The lowest BCUT2D eigenvalue weighted by Crippen LogP contribution is -2.30. The maximum atomic E-state index is 13.6. The van der Waals surface area contributed by atoms with Gasteiger partial charge in [0.25, 0.3) is 5.91 Å². The number of carbonyl (C=O) groups excluding carboxylic acids is 1. The summed E-state index contributed by atoms with van der Waals surface area (Å²) in [4.78, 5) is 18.3. The lowest BCUT2D eigenvalue weighted by molar-refractivity contribution is -0.113. The largest absolute Gasteiger partial charge is 0.328 e. The molecule has 2 heterocycles. The number of nitrogens with zero attached hydrogens (tertiary/aromatic N) is 3. The number of hydrogen-bond acceptors (Lipinski definition) is 5. The number of fused-ring (bicyclic) bond motifs is 1. The monoisotopic (exact) mass is 473 g/mol. The van der Waals surface area contributed by atoms with Crippen molar-refractivity contribution in [3.8, 4) is 0 Å². The minimum Gasteiger partial charge on any atom is -0.328 e. The van der Waals surface area contributed by atoms with E-state index in [4.69, 9.17) is 5.10 Å². The zero-order valence-electron chi connectivity index (χ0n) is 20.1. The summed E-state index contributed by atoms with van der Waals surface area (Å²) in [6.07, 6.45) is 6.30. The third-order valence-corrected chi connectivity index (χ3v) is 6.90. The van der Waals surface area contributed by atoms with E-state index >= 15 is 0 Å². The van der Waals surface area contributed by atoms with Crippen LogP contribution in [0.2, 0.25) is 0 Å². The smallest absolute Gasteiger partial charge is 0.255 e. The zero-order valence-corrected chi connectivity index (χ0v) is 20.9. The molecule has 34 heavy (non-hydrogen) atoms. The Kier molecular flexibility index (Phi) is 7.53. The summed E-state index contributed by atoms with van der Waals surface area (Å²) in [7, 11) is 0. The van der Waals surface area contributed by atoms with Gasteiger partial charge in [-0.15, -0.1) is 5.10 Å². The molecule has 1 aliphatic heterocycles. The van der Waals surface area contributed by atoms with E-state index in [0.717, 1.165) is 51.8 Å². The minimum absolute atomic E-state index is 0.150. The molecule has 0 saturated carbocycles. The van der Waals surface area contributed by atoms with Crippen LogP contribution in [0.4, 0.5) is 11.6 Å². The topological polar surface area (TPSA) is 71.8 Å². The highest BCUT2D eigenvalue weighted by Gasteiger charge is 2.31. The summed E-state index contributed by atoms with van der Waals surface area (Å²) < 4.78 is 1.82. The first kappa shape index (κ1) is 23.8. The van der Waals surface area contributed by atoms with Crippen LogP contribution < -0.4 is 10.6 Å². The predicted molar refractivity (Wildman–Crippen MR) is 141 cm³/mol. The van der Waals surface area contributed by atoms with E-state index < -0.39 is 0 Å². The van der Waals surface area contributed by atoms with Crippen LogP contribution in [0.25, 0.3) is 6.08 Å². The van der Waals surface area contributed by atoms with E-state index in [1.807, 2.05) is 86.1 Å². The normalized spacial score (nSPS) is 15.4. The Morgan fingerprint density at radius 1 is 1.15 bits per heavy atom. The molecule has 0 radical (unpaired) electrons. The number of allylic oxidation sites excluding steroid dienone is 2. The Balaban J connectivity index is 1.69. The lowest BCUT2D eigenvalue weighted by atomic mass is 10.00. The molecule has 0 saturated heterocycles. The van der Waals surface area contributed by atoms with Crippen LogP contribution in [0.3, 0.4) is 0 Å². The first-order valence-corrected chi connectivity index (χ1v) is 12.6. The number of aryl methyl sites for hydroxylation is 1. The first-order chi connectivity index (χ1) is 16.5. The van der Waals surface area contributed by atoms with Crippen molar-refractivity contribution in [3.63, 3.8) is 0 Å². The Morgan fingerprint density at radius 3 is 2.71 bits per heavy atom. The van der Waals surface area contributed by atoms with E-state index in [9.17, 15) is 4.79 Å². The van der Waals surface area contributed by atoms with Crippen molar-refractivity contribution >= 4 is 35.4 Å². The van der Waals surface area contributed by atoms with E-state index in [1.54, 1.807) is 11.8 Å². The van der Waals surface area contributed by atoms with Crippen LogP contribution in [0, 0.1) is 13.8 Å². The van der Waals surface area contributed by atoms with Gasteiger partial charge >= 0.3 is 0 Å². The van der Waals surface area contributed by atoms with Gasteiger partial charge in [-0.3, -0.25) is 4.79 Å². The molecule has 6 nitrogen and oxygen atoms in total.